The number of fused-ring (bicyclic) bond motifs is 1. The number of carbonyl (C=O) groups is 2. The van der Waals surface area contributed by atoms with Crippen molar-refractivity contribution in [3.05, 3.63) is 59.9 Å². The predicted molar refractivity (Wildman–Crippen MR) is 121 cm³/mol. The Bertz CT molecular complexity index is 1130. The maximum absolute atomic E-state index is 13.0. The van der Waals surface area contributed by atoms with E-state index >= 15 is 0 Å². The van der Waals surface area contributed by atoms with Gasteiger partial charge in [0.15, 0.2) is 0 Å². The van der Waals surface area contributed by atoms with E-state index in [2.05, 4.69) is 13.0 Å². The summed E-state index contributed by atoms with van der Waals surface area (Å²) >= 11 is 0. The lowest BCUT2D eigenvalue weighted by molar-refractivity contribution is -0.130. The minimum Gasteiger partial charge on any atom is -0.341 e. The van der Waals surface area contributed by atoms with E-state index in [9.17, 15) is 9.59 Å². The fraction of sp³-hybridized carbons (Fsp3) is 0.400. The average molecular weight is 417 g/mol. The molecule has 31 heavy (non-hydrogen) atoms. The Morgan fingerprint density at radius 2 is 1.81 bits per heavy atom. The molecule has 1 aromatic heterocycles. The van der Waals surface area contributed by atoms with Gasteiger partial charge in [0.1, 0.15) is 12.4 Å². The van der Waals surface area contributed by atoms with E-state index in [0.717, 1.165) is 54.9 Å². The van der Waals surface area contributed by atoms with Gasteiger partial charge < -0.3 is 14.4 Å². The second kappa shape index (κ2) is 8.17. The SMILES string of the molecule is CCc1ccccc1N1CC(c2nc3ccccc3n2CC(=O)N2CCCC2)CC1=O. The highest BCUT2D eigenvalue weighted by Crippen LogP contribution is 2.34. The molecule has 1 unspecified atom stereocenters. The van der Waals surface area contributed by atoms with E-state index in [1.807, 2.05) is 56.8 Å². The van der Waals surface area contributed by atoms with Gasteiger partial charge >= 0.3 is 0 Å². The van der Waals surface area contributed by atoms with Crippen molar-refractivity contribution in [2.75, 3.05) is 24.5 Å². The van der Waals surface area contributed by atoms with Crippen molar-refractivity contribution in [3.8, 4) is 0 Å². The molecule has 0 radical (unpaired) electrons. The smallest absolute Gasteiger partial charge is 0.242 e. The van der Waals surface area contributed by atoms with Gasteiger partial charge in [-0.1, -0.05) is 37.3 Å². The minimum absolute atomic E-state index is 0.0313. The molecule has 0 N–H and O–H groups in total. The van der Waals surface area contributed by atoms with Crippen LogP contribution in [0, 0.1) is 0 Å². The Hall–Kier alpha value is -3.15. The number of amides is 2. The summed E-state index contributed by atoms with van der Waals surface area (Å²) in [7, 11) is 0. The van der Waals surface area contributed by atoms with E-state index in [0.29, 0.717) is 13.0 Å². The third-order valence-electron chi connectivity index (χ3n) is 6.59. The highest BCUT2D eigenvalue weighted by Gasteiger charge is 2.36. The van der Waals surface area contributed by atoms with Gasteiger partial charge in [0.2, 0.25) is 11.8 Å². The second-order valence-electron chi connectivity index (χ2n) is 8.52. The summed E-state index contributed by atoms with van der Waals surface area (Å²) in [5.74, 6) is 1.07. The molecule has 0 spiro atoms. The lowest BCUT2D eigenvalue weighted by atomic mass is 10.1. The Balaban J connectivity index is 1.48. The summed E-state index contributed by atoms with van der Waals surface area (Å²) in [5, 5.41) is 0. The molecule has 1 atom stereocenters. The summed E-state index contributed by atoms with van der Waals surface area (Å²) < 4.78 is 2.04. The Morgan fingerprint density at radius 3 is 2.61 bits per heavy atom. The van der Waals surface area contributed by atoms with Crippen molar-refractivity contribution in [2.24, 2.45) is 0 Å². The van der Waals surface area contributed by atoms with Crippen molar-refractivity contribution in [1.82, 2.24) is 14.5 Å². The first-order valence-corrected chi connectivity index (χ1v) is 11.3. The zero-order valence-corrected chi connectivity index (χ0v) is 18.0. The van der Waals surface area contributed by atoms with E-state index in [-0.39, 0.29) is 24.3 Å². The number of imidazole rings is 1. The third kappa shape index (κ3) is 3.60. The van der Waals surface area contributed by atoms with Crippen LogP contribution in [0.4, 0.5) is 5.69 Å². The highest BCUT2D eigenvalue weighted by atomic mass is 16.2. The number of likely N-dealkylation sites (tertiary alicyclic amines) is 1. The number of para-hydroxylation sites is 3. The van der Waals surface area contributed by atoms with Gasteiger partial charge in [-0.05, 0) is 43.0 Å². The van der Waals surface area contributed by atoms with E-state index < -0.39 is 0 Å². The van der Waals surface area contributed by atoms with Crippen LogP contribution in [0.3, 0.4) is 0 Å². The third-order valence-corrected chi connectivity index (χ3v) is 6.59. The number of nitrogens with zero attached hydrogens (tertiary/aromatic N) is 4. The standard InChI is InChI=1S/C25H28N4O2/c1-2-18-9-3-5-11-21(18)28-16-19(15-23(28)30)25-26-20-10-4-6-12-22(20)29(25)17-24(31)27-13-7-8-14-27/h3-6,9-12,19H,2,7-8,13-17H2,1H3. The molecule has 0 saturated carbocycles. The van der Waals surface area contributed by atoms with Gasteiger partial charge in [-0.15, -0.1) is 0 Å². The van der Waals surface area contributed by atoms with Crippen LogP contribution >= 0.6 is 0 Å². The molecule has 6 heteroatoms. The summed E-state index contributed by atoms with van der Waals surface area (Å²) in [6, 6.07) is 16.1. The van der Waals surface area contributed by atoms with E-state index in [1.54, 1.807) is 0 Å². The second-order valence-corrected chi connectivity index (χ2v) is 8.52. The molecule has 2 saturated heterocycles. The van der Waals surface area contributed by atoms with Gasteiger partial charge in [0.25, 0.3) is 0 Å². The fourth-order valence-corrected chi connectivity index (χ4v) is 4.96. The van der Waals surface area contributed by atoms with Crippen molar-refractivity contribution >= 4 is 28.5 Å². The Labute approximate surface area is 182 Å². The van der Waals surface area contributed by atoms with E-state index in [4.69, 9.17) is 4.98 Å². The first kappa shape index (κ1) is 19.8. The minimum atomic E-state index is -0.0313. The Morgan fingerprint density at radius 1 is 1.06 bits per heavy atom. The number of rotatable bonds is 5. The molecule has 160 valence electrons. The molecular formula is C25H28N4O2. The summed E-state index contributed by atoms with van der Waals surface area (Å²) in [5.41, 5.74) is 4.01. The first-order chi connectivity index (χ1) is 15.2. The molecule has 2 aromatic carbocycles. The van der Waals surface area contributed by atoms with Crippen molar-refractivity contribution in [1.29, 1.82) is 0 Å². The van der Waals surface area contributed by atoms with Crippen LogP contribution in [0.15, 0.2) is 48.5 Å². The monoisotopic (exact) mass is 416 g/mol. The quantitative estimate of drug-likeness (QED) is 0.637. The van der Waals surface area contributed by atoms with Crippen LogP contribution in [0.5, 0.6) is 0 Å². The van der Waals surface area contributed by atoms with Crippen LogP contribution in [-0.4, -0.2) is 45.9 Å². The summed E-state index contributed by atoms with van der Waals surface area (Å²) in [4.78, 5) is 34.7. The van der Waals surface area contributed by atoms with Crippen molar-refractivity contribution in [3.63, 3.8) is 0 Å². The van der Waals surface area contributed by atoms with Crippen LogP contribution in [-0.2, 0) is 22.6 Å². The lowest BCUT2D eigenvalue weighted by Gasteiger charge is -2.21. The Kier molecular flexibility index (Phi) is 5.22. The average Bonchev–Trinajstić information content (AvgIpc) is 3.53. The zero-order chi connectivity index (χ0) is 21.4. The molecule has 2 aliphatic heterocycles. The molecule has 3 heterocycles. The first-order valence-electron chi connectivity index (χ1n) is 11.3. The molecule has 2 amide bonds. The maximum Gasteiger partial charge on any atom is 0.242 e. The highest BCUT2D eigenvalue weighted by molar-refractivity contribution is 5.97. The van der Waals surface area contributed by atoms with Gasteiger partial charge in [-0.3, -0.25) is 9.59 Å². The van der Waals surface area contributed by atoms with Crippen molar-refractivity contribution < 1.29 is 9.59 Å². The number of hydrogen-bond donors (Lipinski definition) is 0. The largest absolute Gasteiger partial charge is 0.341 e. The fourth-order valence-electron chi connectivity index (χ4n) is 4.96. The molecule has 6 nitrogen and oxygen atoms in total. The van der Waals surface area contributed by atoms with Crippen LogP contribution < -0.4 is 4.90 Å². The summed E-state index contributed by atoms with van der Waals surface area (Å²) in [6.45, 7) is 4.66. The number of aromatic nitrogens is 2. The van der Waals surface area contributed by atoms with Gasteiger partial charge in [-0.25, -0.2) is 4.98 Å². The topological polar surface area (TPSA) is 58.4 Å². The molecule has 0 bridgehead atoms. The van der Waals surface area contributed by atoms with Crippen LogP contribution in [0.2, 0.25) is 0 Å². The zero-order valence-electron chi connectivity index (χ0n) is 18.0. The van der Waals surface area contributed by atoms with Crippen molar-refractivity contribution in [2.45, 2.75) is 45.1 Å². The number of carbonyl (C=O) groups excluding carboxylic acids is 2. The number of benzene rings is 2. The molecule has 2 aliphatic rings. The number of aryl methyl sites for hydroxylation is 1. The van der Waals surface area contributed by atoms with Gasteiger partial charge in [0, 0.05) is 37.7 Å². The van der Waals surface area contributed by atoms with Gasteiger partial charge in [0.05, 0.1) is 11.0 Å². The van der Waals surface area contributed by atoms with Crippen LogP contribution in [0.1, 0.15) is 43.5 Å². The molecule has 2 fully saturated rings. The summed E-state index contributed by atoms with van der Waals surface area (Å²) in [6.07, 6.45) is 3.45. The van der Waals surface area contributed by atoms with Crippen LogP contribution in [0.25, 0.3) is 11.0 Å². The number of anilines is 1. The normalized spacial score (nSPS) is 19.0. The molecular weight excluding hydrogens is 388 g/mol. The molecule has 0 aliphatic carbocycles. The van der Waals surface area contributed by atoms with E-state index in [1.165, 1.54) is 5.56 Å². The molecule has 3 aromatic rings. The predicted octanol–water partition coefficient (Wildman–Crippen LogP) is 3.74. The van der Waals surface area contributed by atoms with Gasteiger partial charge in [-0.2, -0.15) is 0 Å². The molecule has 5 rings (SSSR count). The number of hydrogen-bond acceptors (Lipinski definition) is 3. The lowest BCUT2D eigenvalue weighted by Crippen LogP contribution is -2.32. The maximum atomic E-state index is 13.0.